The van der Waals surface area contributed by atoms with Gasteiger partial charge in [0.2, 0.25) is 0 Å². The molecule has 0 radical (unpaired) electrons. The number of hydrogen-bond acceptors (Lipinski definition) is 2. The fourth-order valence-electron chi connectivity index (χ4n) is 2.01. The summed E-state index contributed by atoms with van der Waals surface area (Å²) in [6, 6.07) is 16.6. The average molecular weight is 311 g/mol. The summed E-state index contributed by atoms with van der Waals surface area (Å²) in [6.07, 6.45) is -9.02. The first kappa shape index (κ1) is 15.1. The molecule has 0 heterocycles. The number of rotatable bonds is 6. The van der Waals surface area contributed by atoms with Crippen LogP contribution < -0.4 is 0 Å². The van der Waals surface area contributed by atoms with Gasteiger partial charge in [0.15, 0.2) is 6.10 Å². The highest BCUT2D eigenvalue weighted by atomic mass is 19.4. The van der Waals surface area contributed by atoms with Gasteiger partial charge in [-0.3, -0.25) is 0 Å². The van der Waals surface area contributed by atoms with Gasteiger partial charge in [-0.2, -0.15) is 13.2 Å². The smallest absolute Gasteiger partial charge is 0.381 e. The molecule has 0 amide bonds. The van der Waals surface area contributed by atoms with Gasteiger partial charge in [-0.05, 0) is 17.5 Å². The van der Waals surface area contributed by atoms with E-state index in [0.29, 0.717) is 0 Å². The van der Waals surface area contributed by atoms with Crippen LogP contribution in [0.5, 0.6) is 0 Å². The molecule has 0 aromatic heterocycles. The van der Waals surface area contributed by atoms with Gasteiger partial charge in [0.1, 0.15) is 6.10 Å². The Labute approximate surface area is 128 Å². The van der Waals surface area contributed by atoms with Crippen molar-refractivity contribution in [2.75, 3.05) is 6.58 Å². The number of ether oxygens (including phenoxy) is 1. The summed E-state index contributed by atoms with van der Waals surface area (Å²) in [7, 11) is 0. The predicted molar refractivity (Wildman–Crippen MR) is 77.3 cm³/mol. The van der Waals surface area contributed by atoms with Gasteiger partial charge in [0.25, 0.3) is 0 Å². The van der Waals surface area contributed by atoms with Crippen LogP contribution in [0.25, 0.3) is 0 Å². The highest BCUT2D eigenvalue weighted by molar-refractivity contribution is 5.19. The van der Waals surface area contributed by atoms with Crippen LogP contribution in [0.2, 0.25) is 0 Å². The monoisotopic (exact) mass is 311 g/mol. The van der Waals surface area contributed by atoms with Crippen LogP contribution in [0.3, 0.4) is 0 Å². The molecule has 2 rings (SSSR count). The fourth-order valence-corrected chi connectivity index (χ4v) is 2.01. The number of halogens is 3. The molecule has 0 spiro atoms. The maximum atomic E-state index is 12.9. The Morgan fingerprint density at radius 3 is 2.09 bits per heavy atom. The molecular formula is C17H17F3O2. The third-order valence-corrected chi connectivity index (χ3v) is 3.15. The first-order chi connectivity index (χ1) is 10.9. The van der Waals surface area contributed by atoms with Gasteiger partial charge >= 0.3 is 6.18 Å². The Morgan fingerprint density at radius 2 is 1.55 bits per heavy atom. The molecule has 0 unspecified atom stereocenters. The molecular weight excluding hydrogens is 293 g/mol. The minimum atomic E-state index is -4.83. The number of hydrogen-bond donors (Lipinski definition) is 1. The van der Waals surface area contributed by atoms with Crippen molar-refractivity contribution < 1.29 is 24.4 Å². The Kier molecular flexibility index (Phi) is 5.08. The van der Waals surface area contributed by atoms with Crippen molar-refractivity contribution in [2.45, 2.75) is 24.8 Å². The van der Waals surface area contributed by atoms with Gasteiger partial charge < -0.3 is 9.84 Å². The van der Waals surface area contributed by atoms with Crippen LogP contribution in [0.15, 0.2) is 60.7 Å². The zero-order valence-electron chi connectivity index (χ0n) is 12.7. The lowest BCUT2D eigenvalue weighted by Gasteiger charge is -2.25. The van der Waals surface area contributed by atoms with Crippen molar-refractivity contribution in [3.63, 3.8) is 0 Å². The Balaban J connectivity index is 2.14. The molecule has 0 fully saturated rings. The minimum Gasteiger partial charge on any atom is -0.381 e. The SMILES string of the molecule is [2H][C@H](Cc1ccccc1)O[C@@H](c1ccccc1)[C@H](O)C(F)(F)F. The number of alkyl halides is 3. The number of aryl methyl sites for hydroxylation is 1. The number of aliphatic hydroxyl groups excluding tert-OH is 1. The quantitative estimate of drug-likeness (QED) is 0.876. The molecule has 1 N–H and O–H groups in total. The van der Waals surface area contributed by atoms with Crippen LogP contribution in [0.4, 0.5) is 13.2 Å². The summed E-state index contributed by atoms with van der Waals surface area (Å²) in [5.41, 5.74) is 0.962. The first-order valence-corrected chi connectivity index (χ1v) is 6.79. The summed E-state index contributed by atoms with van der Waals surface area (Å²) in [5, 5.41) is 9.58. The third kappa shape index (κ3) is 4.58. The second-order valence-electron chi connectivity index (χ2n) is 4.81. The molecule has 2 nitrogen and oxygen atoms in total. The van der Waals surface area contributed by atoms with Crippen molar-refractivity contribution in [1.29, 1.82) is 0 Å². The lowest BCUT2D eigenvalue weighted by Crippen LogP contribution is -2.36. The molecule has 5 heteroatoms. The first-order valence-electron chi connectivity index (χ1n) is 7.37. The van der Waals surface area contributed by atoms with Crippen LogP contribution >= 0.6 is 0 Å². The zero-order chi connectivity index (χ0) is 16.9. The van der Waals surface area contributed by atoms with E-state index in [1.54, 1.807) is 42.5 Å². The van der Waals surface area contributed by atoms with Crippen molar-refractivity contribution in [3.8, 4) is 0 Å². The summed E-state index contributed by atoms with van der Waals surface area (Å²) < 4.78 is 51.7. The van der Waals surface area contributed by atoms with E-state index in [4.69, 9.17) is 6.11 Å². The molecule has 0 saturated heterocycles. The van der Waals surface area contributed by atoms with E-state index in [2.05, 4.69) is 0 Å². The van der Waals surface area contributed by atoms with Crippen molar-refractivity contribution in [3.05, 3.63) is 71.8 Å². The summed E-state index contributed by atoms with van der Waals surface area (Å²) in [5.74, 6) is 0. The van der Waals surface area contributed by atoms with Crippen molar-refractivity contribution in [1.82, 2.24) is 0 Å². The molecule has 22 heavy (non-hydrogen) atoms. The number of benzene rings is 2. The molecule has 0 saturated carbocycles. The number of aliphatic hydroxyl groups is 1. The van der Waals surface area contributed by atoms with Crippen LogP contribution in [-0.4, -0.2) is 24.0 Å². The van der Waals surface area contributed by atoms with Crippen molar-refractivity contribution in [2.24, 2.45) is 0 Å². The molecule has 0 aliphatic carbocycles. The second-order valence-corrected chi connectivity index (χ2v) is 4.81. The summed E-state index contributed by atoms with van der Waals surface area (Å²) >= 11 is 0. The minimum absolute atomic E-state index is 0.134. The summed E-state index contributed by atoms with van der Waals surface area (Å²) in [6.45, 7) is -1.22. The largest absolute Gasteiger partial charge is 0.417 e. The maximum absolute atomic E-state index is 12.9. The van der Waals surface area contributed by atoms with Gasteiger partial charge in [0.05, 0.1) is 7.95 Å². The van der Waals surface area contributed by atoms with Crippen LogP contribution in [0.1, 0.15) is 18.6 Å². The van der Waals surface area contributed by atoms with Gasteiger partial charge in [-0.1, -0.05) is 60.7 Å². The third-order valence-electron chi connectivity index (χ3n) is 3.15. The Hall–Kier alpha value is -1.85. The average Bonchev–Trinajstić information content (AvgIpc) is 2.53. The predicted octanol–water partition coefficient (Wildman–Crippen LogP) is 3.91. The van der Waals surface area contributed by atoms with E-state index < -0.39 is 25.0 Å². The topological polar surface area (TPSA) is 29.5 Å². The molecule has 2 aromatic rings. The lowest BCUT2D eigenvalue weighted by atomic mass is 10.0. The molecule has 3 atom stereocenters. The Bertz CT molecular complexity index is 590. The van der Waals surface area contributed by atoms with E-state index in [9.17, 15) is 18.3 Å². The molecule has 0 aliphatic rings. The molecule has 2 aromatic carbocycles. The van der Waals surface area contributed by atoms with E-state index in [1.807, 2.05) is 6.07 Å². The fraction of sp³-hybridized carbons (Fsp3) is 0.294. The van der Waals surface area contributed by atoms with E-state index in [0.717, 1.165) is 5.56 Å². The van der Waals surface area contributed by atoms with Crippen molar-refractivity contribution >= 4 is 0 Å². The van der Waals surface area contributed by atoms with Gasteiger partial charge in [0, 0.05) is 0 Å². The van der Waals surface area contributed by atoms with Gasteiger partial charge in [-0.15, -0.1) is 0 Å². The summed E-state index contributed by atoms with van der Waals surface area (Å²) in [4.78, 5) is 0. The highest BCUT2D eigenvalue weighted by Gasteiger charge is 2.44. The van der Waals surface area contributed by atoms with Crippen LogP contribution in [0, 0.1) is 0 Å². The standard InChI is InChI=1S/C17H17F3O2/c18-17(19,20)16(21)15(14-9-5-2-6-10-14)22-12-11-13-7-3-1-4-8-13/h1-10,15-16,21H,11-12H2/t15-,16-/m0/s1/i12D/t12-,15+,16+/m1. The maximum Gasteiger partial charge on any atom is 0.417 e. The highest BCUT2D eigenvalue weighted by Crippen LogP contribution is 2.32. The molecule has 0 aliphatic heterocycles. The zero-order valence-corrected chi connectivity index (χ0v) is 11.7. The van der Waals surface area contributed by atoms with E-state index >= 15 is 0 Å². The molecule has 0 bridgehead atoms. The lowest BCUT2D eigenvalue weighted by molar-refractivity contribution is -0.238. The van der Waals surface area contributed by atoms with Gasteiger partial charge in [-0.25, -0.2) is 0 Å². The normalized spacial score (nSPS) is 16.6. The van der Waals surface area contributed by atoms with E-state index in [1.165, 1.54) is 12.1 Å². The molecule has 118 valence electrons. The Morgan fingerprint density at radius 1 is 1.00 bits per heavy atom. The van der Waals surface area contributed by atoms with Crippen LogP contribution in [-0.2, 0) is 11.2 Å². The van der Waals surface area contributed by atoms with E-state index in [-0.39, 0.29) is 12.0 Å². The second kappa shape index (κ2) is 7.42.